The lowest BCUT2D eigenvalue weighted by molar-refractivity contribution is -0.137. The fourth-order valence-electron chi connectivity index (χ4n) is 4.43. The Morgan fingerprint density at radius 2 is 1.77 bits per heavy atom. The third-order valence-corrected chi connectivity index (χ3v) is 8.55. The van der Waals surface area contributed by atoms with E-state index >= 15 is 0 Å². The van der Waals surface area contributed by atoms with Crippen molar-refractivity contribution in [3.05, 3.63) is 58.7 Å². The Labute approximate surface area is 206 Å². The lowest BCUT2D eigenvalue weighted by Gasteiger charge is -2.32. The number of pyridine rings is 1. The molecule has 0 bridgehead atoms. The van der Waals surface area contributed by atoms with E-state index in [1.807, 2.05) is 0 Å². The Morgan fingerprint density at radius 3 is 2.31 bits per heavy atom. The number of piperidine rings is 1. The van der Waals surface area contributed by atoms with Gasteiger partial charge in [-0.3, -0.25) is 9.79 Å². The first kappa shape index (κ1) is 25.4. The van der Waals surface area contributed by atoms with E-state index in [-0.39, 0.29) is 22.6 Å². The number of aromatic nitrogens is 1. The van der Waals surface area contributed by atoms with Gasteiger partial charge in [0.05, 0.1) is 16.6 Å². The summed E-state index contributed by atoms with van der Waals surface area (Å²) in [6.07, 6.45) is -2.87. The van der Waals surface area contributed by atoms with Crippen molar-refractivity contribution in [3.63, 3.8) is 0 Å². The zero-order valence-corrected chi connectivity index (χ0v) is 20.6. The predicted molar refractivity (Wildman–Crippen MR) is 127 cm³/mol. The van der Waals surface area contributed by atoms with Crippen LogP contribution >= 0.6 is 11.6 Å². The topological polar surface area (TPSA) is 82.9 Å². The van der Waals surface area contributed by atoms with Crippen LogP contribution in [-0.2, 0) is 21.0 Å². The monoisotopic (exact) mass is 528 g/mol. The van der Waals surface area contributed by atoms with Crippen LogP contribution in [0.15, 0.2) is 47.6 Å². The Morgan fingerprint density at radius 1 is 1.14 bits per heavy atom. The summed E-state index contributed by atoms with van der Waals surface area (Å²) in [5, 5.41) is -1.28. The number of benzene rings is 1. The zero-order chi connectivity index (χ0) is 25.5. The van der Waals surface area contributed by atoms with E-state index < -0.39 is 39.0 Å². The summed E-state index contributed by atoms with van der Waals surface area (Å²) in [6, 6.07) is 8.48. The molecule has 1 aromatic carbocycles. The van der Waals surface area contributed by atoms with Crippen LogP contribution in [0.4, 0.5) is 19.0 Å². The first-order valence-corrected chi connectivity index (χ1v) is 13.0. The third kappa shape index (κ3) is 4.88. The number of hydrogen-bond donors (Lipinski definition) is 0. The van der Waals surface area contributed by atoms with Gasteiger partial charge >= 0.3 is 6.18 Å². The second-order valence-electron chi connectivity index (χ2n) is 8.79. The minimum atomic E-state index is -4.54. The van der Waals surface area contributed by atoms with Crippen LogP contribution in [0.2, 0.25) is 5.02 Å². The molecule has 1 unspecified atom stereocenters. The molecule has 3 heterocycles. The van der Waals surface area contributed by atoms with Crippen molar-refractivity contribution in [3.8, 4) is 0 Å². The summed E-state index contributed by atoms with van der Waals surface area (Å²) < 4.78 is 66.2. The highest BCUT2D eigenvalue weighted by Crippen LogP contribution is 2.37. The van der Waals surface area contributed by atoms with Crippen LogP contribution in [0.5, 0.6) is 0 Å². The van der Waals surface area contributed by atoms with Crippen LogP contribution in [0.3, 0.4) is 0 Å². The van der Waals surface area contributed by atoms with E-state index in [9.17, 15) is 26.4 Å². The molecule has 0 spiro atoms. The molecule has 1 aromatic heterocycles. The van der Waals surface area contributed by atoms with E-state index in [4.69, 9.17) is 11.6 Å². The van der Waals surface area contributed by atoms with E-state index in [2.05, 4.69) is 9.98 Å². The van der Waals surface area contributed by atoms with Gasteiger partial charge in [-0.2, -0.15) is 13.2 Å². The normalized spacial score (nSPS) is 22.4. The number of amides is 1. The number of sulfonamides is 1. The molecule has 188 valence electrons. The summed E-state index contributed by atoms with van der Waals surface area (Å²) in [5.41, 5.74) is -0.454. The predicted octanol–water partition coefficient (Wildman–Crippen LogP) is 4.49. The van der Waals surface area contributed by atoms with Crippen LogP contribution in [0.1, 0.15) is 43.1 Å². The van der Waals surface area contributed by atoms with Crippen LogP contribution in [-0.4, -0.2) is 54.5 Å². The second kappa shape index (κ2) is 9.42. The molecule has 2 aliphatic rings. The molecule has 2 aromatic rings. The fourth-order valence-corrected chi connectivity index (χ4v) is 6.80. The van der Waals surface area contributed by atoms with Gasteiger partial charge in [0.2, 0.25) is 0 Å². The molecule has 12 heteroatoms. The first-order valence-electron chi connectivity index (χ1n) is 11.1. The van der Waals surface area contributed by atoms with Gasteiger partial charge in [-0.1, -0.05) is 41.9 Å². The smallest absolute Gasteiger partial charge is 0.355 e. The van der Waals surface area contributed by atoms with Gasteiger partial charge in [0.25, 0.3) is 15.9 Å². The summed E-state index contributed by atoms with van der Waals surface area (Å²) >= 11 is 6.08. The van der Waals surface area contributed by atoms with E-state index in [1.54, 1.807) is 49.1 Å². The quantitative estimate of drug-likeness (QED) is 0.584. The van der Waals surface area contributed by atoms with Gasteiger partial charge < -0.3 is 4.90 Å². The van der Waals surface area contributed by atoms with Crippen LogP contribution in [0, 0.1) is 0 Å². The van der Waals surface area contributed by atoms with E-state index in [1.165, 1.54) is 0 Å². The third-order valence-electron chi connectivity index (χ3n) is 6.05. The van der Waals surface area contributed by atoms with Crippen molar-refractivity contribution in [2.45, 2.75) is 50.2 Å². The number of aliphatic imine (C=N–C) groups is 1. The van der Waals surface area contributed by atoms with Gasteiger partial charge in [0.1, 0.15) is 11.5 Å². The first-order chi connectivity index (χ1) is 16.4. The van der Waals surface area contributed by atoms with Crippen molar-refractivity contribution in [2.75, 3.05) is 18.0 Å². The molecule has 1 atom stereocenters. The maximum absolute atomic E-state index is 13.3. The summed E-state index contributed by atoms with van der Waals surface area (Å²) in [6.45, 7) is 4.06. The molecule has 35 heavy (non-hydrogen) atoms. The van der Waals surface area contributed by atoms with Crippen LogP contribution < -0.4 is 4.90 Å². The fraction of sp³-hybridized carbons (Fsp3) is 0.435. The Kier molecular flexibility index (Phi) is 6.85. The maximum atomic E-state index is 13.3. The molecule has 0 aliphatic carbocycles. The van der Waals surface area contributed by atoms with Crippen molar-refractivity contribution >= 4 is 39.1 Å². The number of anilines is 1. The van der Waals surface area contributed by atoms with Gasteiger partial charge in [-0.05, 0) is 38.3 Å². The molecule has 0 radical (unpaired) electrons. The molecule has 2 fully saturated rings. The second-order valence-corrected chi connectivity index (χ2v) is 11.1. The number of carbonyl (C=O) groups is 1. The highest BCUT2D eigenvalue weighted by Gasteiger charge is 2.52. The number of hydrogen-bond acceptors (Lipinski definition) is 6. The standard InChI is InChI=1S/C23H24ClF3N4O3S/c1-14(2)31-22(32)19(20(35(31,33)34)15-6-4-3-5-7-15)29-17-8-10-30(11-9-17)21-18(24)12-16(13-28-21)23(25,26)27/h3-7,12-14,17,20H,8-11H2,1-2H3. The Bertz CT molecular complexity index is 1240. The number of carbonyl (C=O) groups excluding carboxylic acids is 1. The Hall–Kier alpha value is -2.66. The van der Waals surface area contributed by atoms with Crippen molar-refractivity contribution in [1.29, 1.82) is 0 Å². The molecule has 0 N–H and O–H groups in total. The Balaban J connectivity index is 1.58. The van der Waals surface area contributed by atoms with Gasteiger partial charge in [0, 0.05) is 25.3 Å². The number of alkyl halides is 3. The largest absolute Gasteiger partial charge is 0.417 e. The summed E-state index contributed by atoms with van der Waals surface area (Å²) in [5.74, 6) is -0.373. The van der Waals surface area contributed by atoms with Gasteiger partial charge in [0.15, 0.2) is 5.25 Å². The van der Waals surface area contributed by atoms with E-state index in [0.29, 0.717) is 31.5 Å². The molecule has 2 aliphatic heterocycles. The summed E-state index contributed by atoms with van der Waals surface area (Å²) in [7, 11) is -3.98. The van der Waals surface area contributed by atoms with Crippen molar-refractivity contribution < 1.29 is 26.4 Å². The average molecular weight is 529 g/mol. The average Bonchev–Trinajstić information content (AvgIpc) is 2.98. The molecule has 4 rings (SSSR count). The van der Waals surface area contributed by atoms with Crippen LogP contribution in [0.25, 0.3) is 0 Å². The molecule has 1 amide bonds. The lowest BCUT2D eigenvalue weighted by atomic mass is 10.0. The highest BCUT2D eigenvalue weighted by atomic mass is 35.5. The summed E-state index contributed by atoms with van der Waals surface area (Å²) in [4.78, 5) is 23.4. The van der Waals surface area contributed by atoms with Gasteiger partial charge in [-0.15, -0.1) is 0 Å². The zero-order valence-electron chi connectivity index (χ0n) is 19.0. The number of nitrogens with zero attached hydrogens (tertiary/aromatic N) is 4. The molecular formula is C23H24ClF3N4O3S. The molecule has 0 saturated carbocycles. The number of halogens is 4. The highest BCUT2D eigenvalue weighted by molar-refractivity contribution is 7.91. The minimum Gasteiger partial charge on any atom is -0.355 e. The number of rotatable bonds is 4. The van der Waals surface area contributed by atoms with Crippen molar-refractivity contribution in [1.82, 2.24) is 9.29 Å². The van der Waals surface area contributed by atoms with Gasteiger partial charge in [-0.25, -0.2) is 17.7 Å². The lowest BCUT2D eigenvalue weighted by Crippen LogP contribution is -2.38. The van der Waals surface area contributed by atoms with E-state index in [0.717, 1.165) is 16.6 Å². The molecule has 2 saturated heterocycles. The molecule has 7 nitrogen and oxygen atoms in total. The maximum Gasteiger partial charge on any atom is 0.417 e. The minimum absolute atomic E-state index is 0.00552. The SMILES string of the molecule is CC(C)N1C(=O)C(=NC2CCN(c3ncc(C(F)(F)F)cc3Cl)CC2)C(c2ccccc2)S1(=O)=O. The van der Waals surface area contributed by atoms with Crippen molar-refractivity contribution in [2.24, 2.45) is 4.99 Å². The molecular weight excluding hydrogens is 505 g/mol.